The number of thiazole rings is 1. The summed E-state index contributed by atoms with van der Waals surface area (Å²) in [5.74, 6) is -1.12. The van der Waals surface area contributed by atoms with Gasteiger partial charge in [-0.2, -0.15) is 0 Å². The Bertz CT molecular complexity index is 1370. The van der Waals surface area contributed by atoms with Gasteiger partial charge < -0.3 is 10.1 Å². The summed E-state index contributed by atoms with van der Waals surface area (Å²) in [5, 5.41) is 10.5. The molecule has 0 bridgehead atoms. The van der Waals surface area contributed by atoms with Crippen molar-refractivity contribution >= 4 is 34.5 Å². The zero-order valence-electron chi connectivity index (χ0n) is 19.2. The van der Waals surface area contributed by atoms with E-state index < -0.39 is 24.2 Å². The summed E-state index contributed by atoms with van der Waals surface area (Å²) in [6, 6.07) is 3.35. The van der Waals surface area contributed by atoms with E-state index in [2.05, 4.69) is 25.5 Å². The summed E-state index contributed by atoms with van der Waals surface area (Å²) in [5.41, 5.74) is 1.25. The number of hydrogen-bond acceptors (Lipinski definition) is 8. The Morgan fingerprint density at radius 2 is 2.08 bits per heavy atom. The minimum absolute atomic E-state index is 0.0302. The van der Waals surface area contributed by atoms with E-state index in [9.17, 15) is 18.0 Å². The molecule has 0 spiro atoms. The number of fused-ring (bicyclic) bond motifs is 1. The Kier molecular flexibility index (Phi) is 7.53. The number of amides is 1. The molecule has 1 saturated heterocycles. The van der Waals surface area contributed by atoms with Crippen LogP contribution in [0.5, 0.6) is 5.88 Å². The molecule has 0 saturated carbocycles. The molecule has 194 valence electrons. The van der Waals surface area contributed by atoms with Crippen LogP contribution in [-0.2, 0) is 0 Å². The second-order valence-electron chi connectivity index (χ2n) is 8.37. The third-order valence-corrected chi connectivity index (χ3v) is 7.42. The molecule has 1 N–H and O–H groups in total. The third kappa shape index (κ3) is 5.38. The molecule has 5 rings (SSSR count). The van der Waals surface area contributed by atoms with Crippen LogP contribution < -0.4 is 10.1 Å². The Morgan fingerprint density at radius 3 is 2.84 bits per heavy atom. The van der Waals surface area contributed by atoms with Crippen LogP contribution >= 0.6 is 22.9 Å². The zero-order valence-corrected chi connectivity index (χ0v) is 20.8. The predicted octanol–water partition coefficient (Wildman–Crippen LogP) is 4.33. The van der Waals surface area contributed by atoms with Crippen LogP contribution in [0.4, 0.5) is 13.2 Å². The summed E-state index contributed by atoms with van der Waals surface area (Å²) in [7, 11) is 0. The number of hydrogen-bond donors (Lipinski definition) is 1. The smallest absolute Gasteiger partial charge is 0.281 e. The SMILES string of the molecule is O=C(NCC(c1scnc1C(F)F)N1CCC(Oc2nccn3cnnc23)CC1)c1c(F)cccc1Cl. The molecule has 1 amide bonds. The van der Waals surface area contributed by atoms with Gasteiger partial charge in [0.05, 0.1) is 27.0 Å². The number of ether oxygens (including phenoxy) is 1. The van der Waals surface area contributed by atoms with Crippen LogP contribution in [0.25, 0.3) is 5.65 Å². The summed E-state index contributed by atoms with van der Waals surface area (Å²) in [6.07, 6.45) is 3.10. The highest BCUT2D eigenvalue weighted by molar-refractivity contribution is 7.09. The Morgan fingerprint density at radius 1 is 1.27 bits per heavy atom. The van der Waals surface area contributed by atoms with Crippen molar-refractivity contribution in [2.24, 2.45) is 0 Å². The van der Waals surface area contributed by atoms with Gasteiger partial charge in [0.1, 0.15) is 23.9 Å². The highest BCUT2D eigenvalue weighted by Gasteiger charge is 2.32. The maximum atomic E-state index is 14.2. The number of rotatable bonds is 8. The van der Waals surface area contributed by atoms with Gasteiger partial charge in [-0.3, -0.25) is 14.1 Å². The molecule has 4 heterocycles. The van der Waals surface area contributed by atoms with Crippen molar-refractivity contribution in [1.29, 1.82) is 0 Å². The molecule has 1 aromatic carbocycles. The van der Waals surface area contributed by atoms with Gasteiger partial charge in [0, 0.05) is 32.0 Å². The topological polar surface area (TPSA) is 97.5 Å². The van der Waals surface area contributed by atoms with Crippen LogP contribution in [0.1, 0.15) is 46.2 Å². The molecule has 9 nitrogen and oxygen atoms in total. The number of aromatic nitrogens is 5. The van der Waals surface area contributed by atoms with Gasteiger partial charge >= 0.3 is 0 Å². The summed E-state index contributed by atoms with van der Waals surface area (Å²) in [6.45, 7) is 0.974. The van der Waals surface area contributed by atoms with E-state index in [1.165, 1.54) is 17.6 Å². The maximum absolute atomic E-state index is 14.2. The van der Waals surface area contributed by atoms with Crippen LogP contribution in [0.3, 0.4) is 0 Å². The Labute approximate surface area is 218 Å². The molecular formula is C23H21ClF3N7O2S. The van der Waals surface area contributed by atoms with Crippen LogP contribution in [-0.4, -0.2) is 61.1 Å². The van der Waals surface area contributed by atoms with Crippen molar-refractivity contribution in [3.05, 3.63) is 69.4 Å². The average molecular weight is 552 g/mol. The number of benzene rings is 1. The molecule has 0 aliphatic carbocycles. The molecule has 14 heteroatoms. The molecule has 37 heavy (non-hydrogen) atoms. The zero-order chi connectivity index (χ0) is 25.9. The second kappa shape index (κ2) is 11.0. The lowest BCUT2D eigenvalue weighted by atomic mass is 10.0. The number of halogens is 4. The highest BCUT2D eigenvalue weighted by atomic mass is 35.5. The molecule has 1 aliphatic heterocycles. The van der Waals surface area contributed by atoms with Crippen molar-refractivity contribution in [3.8, 4) is 5.88 Å². The maximum Gasteiger partial charge on any atom is 0.281 e. The molecule has 1 atom stereocenters. The predicted molar refractivity (Wildman–Crippen MR) is 130 cm³/mol. The molecule has 1 aliphatic rings. The fourth-order valence-electron chi connectivity index (χ4n) is 4.34. The van der Waals surface area contributed by atoms with Gasteiger partial charge in [-0.05, 0) is 25.0 Å². The minimum Gasteiger partial charge on any atom is -0.472 e. The Hall–Kier alpha value is -3.29. The van der Waals surface area contributed by atoms with Crippen molar-refractivity contribution < 1.29 is 22.7 Å². The third-order valence-electron chi connectivity index (χ3n) is 6.16. The van der Waals surface area contributed by atoms with Gasteiger partial charge in [0.15, 0.2) is 0 Å². The van der Waals surface area contributed by atoms with Crippen LogP contribution in [0.15, 0.2) is 42.4 Å². The van der Waals surface area contributed by atoms with E-state index in [1.54, 1.807) is 23.1 Å². The number of nitrogens with zero attached hydrogens (tertiary/aromatic N) is 6. The lowest BCUT2D eigenvalue weighted by Crippen LogP contribution is -2.44. The van der Waals surface area contributed by atoms with Crippen molar-refractivity contribution in [2.75, 3.05) is 19.6 Å². The quantitative estimate of drug-likeness (QED) is 0.348. The first-order chi connectivity index (χ1) is 17.9. The fourth-order valence-corrected chi connectivity index (χ4v) is 5.52. The standard InChI is InChI=1S/C23H21ClF3N7O2S/c24-14-2-1-3-15(25)17(14)22(35)29-10-16(19-18(20(26)27)30-12-37-19)33-7-4-13(5-8-33)36-23-21-32-31-11-34(21)9-6-28-23/h1-3,6,9,11-13,16,20H,4-5,7-8,10H2,(H,29,35). The van der Waals surface area contributed by atoms with Crippen LogP contribution in [0.2, 0.25) is 5.02 Å². The number of carbonyl (C=O) groups excluding carboxylic acids is 1. The summed E-state index contributed by atoms with van der Waals surface area (Å²) >= 11 is 7.11. The first-order valence-electron chi connectivity index (χ1n) is 11.4. The van der Waals surface area contributed by atoms with Gasteiger partial charge in [-0.15, -0.1) is 21.5 Å². The molecule has 1 fully saturated rings. The molecule has 1 unspecified atom stereocenters. The largest absolute Gasteiger partial charge is 0.472 e. The summed E-state index contributed by atoms with van der Waals surface area (Å²) < 4.78 is 49.4. The van der Waals surface area contributed by atoms with Gasteiger partial charge in [0.25, 0.3) is 18.2 Å². The van der Waals surface area contributed by atoms with E-state index >= 15 is 0 Å². The van der Waals surface area contributed by atoms with E-state index in [0.717, 1.165) is 17.4 Å². The van der Waals surface area contributed by atoms with E-state index in [1.807, 2.05) is 4.90 Å². The van der Waals surface area contributed by atoms with Gasteiger partial charge in [-0.25, -0.2) is 23.1 Å². The van der Waals surface area contributed by atoms with Crippen molar-refractivity contribution in [1.82, 2.24) is 34.8 Å². The number of alkyl halides is 2. The van der Waals surface area contributed by atoms with Crippen LogP contribution in [0, 0.1) is 5.82 Å². The molecule has 0 radical (unpaired) electrons. The van der Waals surface area contributed by atoms with Gasteiger partial charge in [-0.1, -0.05) is 17.7 Å². The van der Waals surface area contributed by atoms with E-state index in [-0.39, 0.29) is 28.9 Å². The monoisotopic (exact) mass is 551 g/mol. The minimum atomic E-state index is -2.77. The summed E-state index contributed by atoms with van der Waals surface area (Å²) in [4.78, 5) is 23.2. The van der Waals surface area contributed by atoms with E-state index in [0.29, 0.717) is 42.3 Å². The first-order valence-corrected chi connectivity index (χ1v) is 12.7. The second-order valence-corrected chi connectivity index (χ2v) is 9.67. The van der Waals surface area contributed by atoms with Gasteiger partial charge in [0.2, 0.25) is 5.65 Å². The fraction of sp³-hybridized carbons (Fsp3) is 0.348. The lowest BCUT2D eigenvalue weighted by molar-refractivity contribution is 0.0686. The number of piperidine rings is 1. The number of carbonyl (C=O) groups is 1. The normalized spacial score (nSPS) is 15.8. The molecular weight excluding hydrogens is 531 g/mol. The Balaban J connectivity index is 1.30. The molecule has 4 aromatic rings. The lowest BCUT2D eigenvalue weighted by Gasteiger charge is -2.37. The number of likely N-dealkylation sites (tertiary alicyclic amines) is 1. The molecule has 3 aromatic heterocycles. The van der Waals surface area contributed by atoms with E-state index in [4.69, 9.17) is 16.3 Å². The first kappa shape index (κ1) is 25.4. The highest BCUT2D eigenvalue weighted by Crippen LogP contribution is 2.35. The van der Waals surface area contributed by atoms with Crippen molar-refractivity contribution in [2.45, 2.75) is 31.4 Å². The average Bonchev–Trinajstić information content (AvgIpc) is 3.56. The van der Waals surface area contributed by atoms with Crippen molar-refractivity contribution in [3.63, 3.8) is 0 Å². The number of nitrogens with one attached hydrogen (secondary N) is 1.